The van der Waals surface area contributed by atoms with Gasteiger partial charge in [0, 0.05) is 22.0 Å². The molecule has 4 fully saturated rings. The number of ether oxygens (including phenoxy) is 1. The van der Waals surface area contributed by atoms with Crippen LogP contribution in [0.5, 0.6) is 0 Å². The van der Waals surface area contributed by atoms with Gasteiger partial charge in [0.1, 0.15) is 6.10 Å². The molecule has 0 unspecified atom stereocenters. The van der Waals surface area contributed by atoms with Crippen molar-refractivity contribution in [2.24, 2.45) is 46.3 Å². The van der Waals surface area contributed by atoms with Crippen molar-refractivity contribution in [1.29, 1.82) is 0 Å². The largest absolute Gasteiger partial charge is 0.462 e. The van der Waals surface area contributed by atoms with Crippen LogP contribution < -0.4 is 0 Å². The first-order valence-electron chi connectivity index (χ1n) is 16.5. The van der Waals surface area contributed by atoms with E-state index in [1.807, 2.05) is 0 Å². The Balaban J connectivity index is 1.42. The number of hydrogen-bond donors (Lipinski definition) is 0. The van der Waals surface area contributed by atoms with E-state index in [1.165, 1.54) is 70.6 Å². The number of esters is 1. The third-order valence-electron chi connectivity index (χ3n) is 12.4. The molecule has 0 aromatic heterocycles. The van der Waals surface area contributed by atoms with Gasteiger partial charge in [0.05, 0.1) is 0 Å². The lowest BCUT2D eigenvalue weighted by Gasteiger charge is -2.66. The second-order valence-corrected chi connectivity index (χ2v) is 17.6. The Labute approximate surface area is 252 Å². The fourth-order valence-corrected chi connectivity index (χ4v) is 12.4. The van der Waals surface area contributed by atoms with E-state index < -0.39 is 0 Å². The number of unbranched alkanes of at least 4 members (excludes halogenated alkanes) is 3. The molecule has 0 spiro atoms. The summed E-state index contributed by atoms with van der Waals surface area (Å²) in [5.74, 6) is 5.13. The Bertz CT molecular complexity index is 799. The third kappa shape index (κ3) is 5.98. The van der Waals surface area contributed by atoms with Gasteiger partial charge in [-0.2, -0.15) is 0 Å². The maximum absolute atomic E-state index is 12.6. The first kappa shape index (κ1) is 31.4. The Morgan fingerprint density at radius 3 is 2.42 bits per heavy atom. The molecule has 0 aliphatic heterocycles. The average Bonchev–Trinajstić information content (AvgIpc) is 3.21. The van der Waals surface area contributed by atoms with Crippen LogP contribution in [-0.2, 0) is 9.53 Å². The lowest BCUT2D eigenvalue weighted by atomic mass is 9.44. The smallest absolute Gasteiger partial charge is 0.306 e. The first-order chi connectivity index (χ1) is 18.0. The van der Waals surface area contributed by atoms with E-state index >= 15 is 0 Å². The minimum absolute atomic E-state index is 0.0163. The number of alkyl halides is 2. The van der Waals surface area contributed by atoms with Gasteiger partial charge in [-0.3, -0.25) is 4.79 Å². The van der Waals surface area contributed by atoms with Crippen LogP contribution in [0, 0.1) is 46.3 Å². The Hall–Kier alpha value is 0.430. The van der Waals surface area contributed by atoms with Crippen molar-refractivity contribution in [3.63, 3.8) is 0 Å². The number of carbonyl (C=O) groups excluding carboxylic acids is 1. The highest BCUT2D eigenvalue weighted by Crippen LogP contribution is 2.71. The predicted molar refractivity (Wildman–Crippen MR) is 168 cm³/mol. The molecule has 4 saturated carbocycles. The topological polar surface area (TPSA) is 26.3 Å². The maximum atomic E-state index is 12.6. The van der Waals surface area contributed by atoms with Crippen molar-refractivity contribution < 1.29 is 9.53 Å². The van der Waals surface area contributed by atoms with Crippen molar-refractivity contribution >= 4 is 37.8 Å². The van der Waals surface area contributed by atoms with Crippen LogP contribution in [0.3, 0.4) is 0 Å². The fourth-order valence-electron chi connectivity index (χ4n) is 10.2. The SMILES string of the molecule is CCCCCCC(=O)O[C@H]1CC[C@]2(C)[C@@H]3CC[C@@]4(C)[C@H](CC[C@H]4[C@@H](C)CCCC(C)C)[C@H]3C[C@H](Br)[C@@]2(Br)C1. The van der Waals surface area contributed by atoms with E-state index in [2.05, 4.69) is 73.4 Å². The van der Waals surface area contributed by atoms with Gasteiger partial charge in [-0.05, 0) is 97.7 Å². The highest BCUT2D eigenvalue weighted by molar-refractivity contribution is 9.12. The van der Waals surface area contributed by atoms with Gasteiger partial charge in [-0.25, -0.2) is 0 Å². The lowest BCUT2D eigenvalue weighted by Crippen LogP contribution is -2.64. The third-order valence-corrected chi connectivity index (χ3v) is 16.0. The monoisotopic (exact) mass is 656 g/mol. The van der Waals surface area contributed by atoms with Gasteiger partial charge in [0.2, 0.25) is 0 Å². The molecule has 220 valence electrons. The normalized spacial score (nSPS) is 43.3. The molecule has 0 N–H and O–H groups in total. The molecular weight excluding hydrogens is 600 g/mol. The summed E-state index contributed by atoms with van der Waals surface area (Å²) in [6.45, 7) is 14.8. The van der Waals surface area contributed by atoms with Crippen LogP contribution >= 0.6 is 31.9 Å². The number of carbonyl (C=O) groups is 1. The van der Waals surface area contributed by atoms with Crippen molar-refractivity contribution in [1.82, 2.24) is 0 Å². The summed E-state index contributed by atoms with van der Waals surface area (Å²) >= 11 is 8.64. The number of fused-ring (bicyclic) bond motifs is 5. The zero-order valence-electron chi connectivity index (χ0n) is 25.5. The molecular formula is C34H58Br2O2. The van der Waals surface area contributed by atoms with E-state index in [4.69, 9.17) is 4.74 Å². The van der Waals surface area contributed by atoms with E-state index in [9.17, 15) is 4.79 Å². The minimum atomic E-state index is 0.0163. The van der Waals surface area contributed by atoms with Gasteiger partial charge in [0.25, 0.3) is 0 Å². The summed E-state index contributed by atoms with van der Waals surface area (Å²) < 4.78 is 6.11. The fraction of sp³-hybridized carbons (Fsp3) is 0.971. The zero-order chi connectivity index (χ0) is 27.7. The second-order valence-electron chi connectivity index (χ2n) is 15.1. The van der Waals surface area contributed by atoms with Crippen LogP contribution in [0.1, 0.15) is 144 Å². The van der Waals surface area contributed by atoms with Crippen molar-refractivity contribution in [3.8, 4) is 0 Å². The average molecular weight is 659 g/mol. The van der Waals surface area contributed by atoms with Crippen LogP contribution in [0.4, 0.5) is 0 Å². The maximum Gasteiger partial charge on any atom is 0.306 e. The standard InChI is InChI=1S/C34H58Br2O2/c1-7-8-9-10-14-31(37)38-25-17-20-33(6)29-18-19-32(5)27(24(4)13-11-12-23(2)3)15-16-28(32)26(29)21-30(35)34(33,36)22-25/h23-30H,7-22H2,1-6H3/t24-,25-,26+,27-,28+,29+,30-,32+,33+,34-/m0/s1. The Morgan fingerprint density at radius 1 is 0.947 bits per heavy atom. The summed E-state index contributed by atoms with van der Waals surface area (Å²) in [6.07, 6.45) is 19.5. The van der Waals surface area contributed by atoms with E-state index in [1.54, 1.807) is 0 Å². The van der Waals surface area contributed by atoms with Crippen molar-refractivity contribution in [2.75, 3.05) is 0 Å². The van der Waals surface area contributed by atoms with Crippen LogP contribution in [-0.4, -0.2) is 21.2 Å². The van der Waals surface area contributed by atoms with Crippen molar-refractivity contribution in [2.45, 2.75) is 160 Å². The molecule has 4 aliphatic carbocycles. The highest BCUT2D eigenvalue weighted by Gasteiger charge is 2.67. The summed E-state index contributed by atoms with van der Waals surface area (Å²) in [6, 6.07) is 0. The number of halogens is 2. The predicted octanol–water partition coefficient (Wildman–Crippen LogP) is 10.9. The lowest BCUT2D eigenvalue weighted by molar-refractivity contribution is -0.158. The molecule has 0 radical (unpaired) electrons. The summed E-state index contributed by atoms with van der Waals surface area (Å²) in [7, 11) is 0. The van der Waals surface area contributed by atoms with Gasteiger partial charge in [-0.15, -0.1) is 0 Å². The minimum Gasteiger partial charge on any atom is -0.462 e. The molecule has 0 heterocycles. The molecule has 0 aromatic rings. The summed E-state index contributed by atoms with van der Waals surface area (Å²) in [5, 5.41) is 0. The molecule has 0 aromatic carbocycles. The van der Waals surface area contributed by atoms with Gasteiger partial charge in [-0.1, -0.05) is 112 Å². The number of hydrogen-bond acceptors (Lipinski definition) is 2. The Morgan fingerprint density at radius 2 is 1.71 bits per heavy atom. The van der Waals surface area contributed by atoms with Crippen LogP contribution in [0.2, 0.25) is 0 Å². The molecule has 4 rings (SSSR count). The van der Waals surface area contributed by atoms with Crippen molar-refractivity contribution in [3.05, 3.63) is 0 Å². The molecule has 10 atom stereocenters. The van der Waals surface area contributed by atoms with Crippen LogP contribution in [0.15, 0.2) is 0 Å². The molecule has 0 bridgehead atoms. The molecule has 4 aliphatic rings. The summed E-state index contributed by atoms with van der Waals surface area (Å²) in [4.78, 5) is 13.1. The van der Waals surface area contributed by atoms with E-state index in [0.717, 1.165) is 61.2 Å². The Kier molecular flexibility index (Phi) is 10.5. The molecule has 2 nitrogen and oxygen atoms in total. The molecule has 38 heavy (non-hydrogen) atoms. The van der Waals surface area contributed by atoms with Gasteiger partial charge < -0.3 is 4.74 Å². The first-order valence-corrected chi connectivity index (χ1v) is 18.2. The second kappa shape index (κ2) is 12.7. The molecule has 0 amide bonds. The number of rotatable bonds is 11. The van der Waals surface area contributed by atoms with Crippen LogP contribution in [0.25, 0.3) is 0 Å². The molecule has 4 heteroatoms. The van der Waals surface area contributed by atoms with E-state index in [-0.39, 0.29) is 21.8 Å². The van der Waals surface area contributed by atoms with Gasteiger partial charge >= 0.3 is 5.97 Å². The molecule has 0 saturated heterocycles. The van der Waals surface area contributed by atoms with Gasteiger partial charge in [0.15, 0.2) is 0 Å². The summed E-state index contributed by atoms with van der Waals surface area (Å²) in [5.41, 5.74) is 0.786. The van der Waals surface area contributed by atoms with E-state index in [0.29, 0.717) is 16.7 Å². The quantitative estimate of drug-likeness (QED) is 0.125. The highest BCUT2D eigenvalue weighted by atomic mass is 79.9. The zero-order valence-corrected chi connectivity index (χ0v) is 28.7.